The number of carbonyl (C=O) groups is 2. The number of nitrogens with two attached hydrogens (primary N) is 1. The van der Waals surface area contributed by atoms with Crippen LogP contribution in [0.25, 0.3) is 16.8 Å². The molecule has 9 nitrogen and oxygen atoms in total. The number of primary amides is 1. The van der Waals surface area contributed by atoms with Gasteiger partial charge in [-0.15, -0.1) is 0 Å². The van der Waals surface area contributed by atoms with Crippen molar-refractivity contribution in [3.63, 3.8) is 0 Å². The van der Waals surface area contributed by atoms with Crippen LogP contribution in [0.3, 0.4) is 0 Å². The van der Waals surface area contributed by atoms with Gasteiger partial charge in [-0.1, -0.05) is 42.0 Å². The van der Waals surface area contributed by atoms with Crippen LogP contribution >= 0.6 is 0 Å². The van der Waals surface area contributed by atoms with Gasteiger partial charge in [-0.3, -0.25) is 4.79 Å². The van der Waals surface area contributed by atoms with E-state index >= 15 is 0 Å². The summed E-state index contributed by atoms with van der Waals surface area (Å²) in [5.41, 5.74) is 12.2. The number of sulfonamides is 1. The first-order valence-corrected chi connectivity index (χ1v) is 13.5. The van der Waals surface area contributed by atoms with Crippen LogP contribution in [0.15, 0.2) is 77.7 Å². The summed E-state index contributed by atoms with van der Waals surface area (Å²) in [6, 6.07) is 20.4. The van der Waals surface area contributed by atoms with E-state index in [1.54, 1.807) is 30.3 Å². The van der Waals surface area contributed by atoms with Gasteiger partial charge >= 0.3 is 6.03 Å². The van der Waals surface area contributed by atoms with E-state index < -0.39 is 22.0 Å². The summed E-state index contributed by atoms with van der Waals surface area (Å²) in [6.07, 6.45) is 0.514. The molecule has 0 aliphatic rings. The largest absolute Gasteiger partial charge is 0.366 e. The zero-order valence-electron chi connectivity index (χ0n) is 21.4. The number of amides is 3. The normalized spacial score (nSPS) is 11.2. The number of aryl methyl sites for hydroxylation is 2. The standard InChI is InChI=1S/C28H29N5O4S/c1-18-7-13-25(14-8-18)38(36,37)32-28(35)30-16-15-21-9-11-24(12-10-21)33-20(3)26(19(2)31-33)22-5-4-6-23(17-22)27(29)34/h4-14,17H,15-16H2,1-3H3,(H2,29,34)(H2,30,32,35). The highest BCUT2D eigenvalue weighted by atomic mass is 32.2. The predicted molar refractivity (Wildman–Crippen MR) is 146 cm³/mol. The third kappa shape index (κ3) is 5.92. The van der Waals surface area contributed by atoms with Crippen LogP contribution in [0, 0.1) is 20.8 Å². The molecule has 1 heterocycles. The lowest BCUT2D eigenvalue weighted by Crippen LogP contribution is -2.40. The number of hydrogen-bond acceptors (Lipinski definition) is 5. The van der Waals surface area contributed by atoms with Gasteiger partial charge in [0, 0.05) is 23.4 Å². The molecule has 4 rings (SSSR count). The van der Waals surface area contributed by atoms with Gasteiger partial charge < -0.3 is 11.1 Å². The summed E-state index contributed by atoms with van der Waals surface area (Å²) in [6.45, 7) is 5.99. The van der Waals surface area contributed by atoms with Crippen LogP contribution in [-0.4, -0.2) is 36.7 Å². The molecule has 0 aliphatic carbocycles. The number of hydrogen-bond donors (Lipinski definition) is 3. The fourth-order valence-corrected chi connectivity index (χ4v) is 5.13. The molecular formula is C28H29N5O4S. The Bertz CT molecular complexity index is 1590. The molecule has 38 heavy (non-hydrogen) atoms. The lowest BCUT2D eigenvalue weighted by atomic mass is 10.0. The number of nitrogens with zero attached hydrogens (tertiary/aromatic N) is 2. The van der Waals surface area contributed by atoms with Gasteiger partial charge in [0.1, 0.15) is 0 Å². The number of rotatable bonds is 8. The summed E-state index contributed by atoms with van der Waals surface area (Å²) in [7, 11) is -3.93. The van der Waals surface area contributed by atoms with Crippen molar-refractivity contribution in [2.24, 2.45) is 5.73 Å². The van der Waals surface area contributed by atoms with E-state index in [4.69, 9.17) is 5.73 Å². The van der Waals surface area contributed by atoms with Crippen molar-refractivity contribution in [2.45, 2.75) is 32.1 Å². The lowest BCUT2D eigenvalue weighted by molar-refractivity contribution is 0.1000. The zero-order valence-corrected chi connectivity index (χ0v) is 22.2. The van der Waals surface area contributed by atoms with Crippen LogP contribution in [-0.2, 0) is 16.4 Å². The highest BCUT2D eigenvalue weighted by Gasteiger charge is 2.18. The Balaban J connectivity index is 1.39. The molecule has 0 radical (unpaired) electrons. The van der Waals surface area contributed by atoms with Crippen LogP contribution in [0.5, 0.6) is 0 Å². The maximum Gasteiger partial charge on any atom is 0.328 e. The molecule has 3 aromatic carbocycles. The Morgan fingerprint density at radius 2 is 1.63 bits per heavy atom. The summed E-state index contributed by atoms with van der Waals surface area (Å²) in [5, 5.41) is 7.27. The Kier molecular flexibility index (Phi) is 7.63. The smallest absolute Gasteiger partial charge is 0.328 e. The van der Waals surface area contributed by atoms with E-state index in [1.807, 2.05) is 60.5 Å². The van der Waals surface area contributed by atoms with E-state index in [2.05, 4.69) is 10.4 Å². The van der Waals surface area contributed by atoms with E-state index in [1.165, 1.54) is 12.1 Å². The van der Waals surface area contributed by atoms with Crippen LogP contribution in [0.4, 0.5) is 4.79 Å². The first kappa shape index (κ1) is 26.6. The van der Waals surface area contributed by atoms with Crippen molar-refractivity contribution in [3.8, 4) is 16.8 Å². The fourth-order valence-electron chi connectivity index (χ4n) is 4.20. The highest BCUT2D eigenvalue weighted by molar-refractivity contribution is 7.90. The summed E-state index contributed by atoms with van der Waals surface area (Å²) in [5.74, 6) is -0.481. The molecular weight excluding hydrogens is 502 g/mol. The van der Waals surface area contributed by atoms with Crippen molar-refractivity contribution in [1.82, 2.24) is 19.8 Å². The number of aromatic nitrogens is 2. The van der Waals surface area contributed by atoms with Crippen LogP contribution in [0.1, 0.15) is 32.9 Å². The molecule has 196 valence electrons. The quantitative estimate of drug-likeness (QED) is 0.318. The molecule has 3 amide bonds. The van der Waals surface area contributed by atoms with Crippen molar-refractivity contribution in [1.29, 1.82) is 0 Å². The molecule has 0 bridgehead atoms. The minimum absolute atomic E-state index is 0.0294. The first-order chi connectivity index (χ1) is 18.0. The molecule has 0 fully saturated rings. The lowest BCUT2D eigenvalue weighted by Gasteiger charge is -2.10. The molecule has 10 heteroatoms. The van der Waals surface area contributed by atoms with Gasteiger partial charge in [0.25, 0.3) is 10.0 Å². The van der Waals surface area contributed by atoms with E-state index in [0.29, 0.717) is 12.0 Å². The topological polar surface area (TPSA) is 136 Å². The average molecular weight is 532 g/mol. The van der Waals surface area contributed by atoms with E-state index in [9.17, 15) is 18.0 Å². The Hall–Kier alpha value is -4.44. The predicted octanol–water partition coefficient (Wildman–Crippen LogP) is 3.79. The van der Waals surface area contributed by atoms with Crippen LogP contribution in [0.2, 0.25) is 0 Å². The second-order valence-electron chi connectivity index (χ2n) is 8.99. The molecule has 0 unspecified atom stereocenters. The van der Waals surface area contributed by atoms with Gasteiger partial charge in [-0.25, -0.2) is 22.6 Å². The molecule has 4 N–H and O–H groups in total. The van der Waals surface area contributed by atoms with Crippen LogP contribution < -0.4 is 15.8 Å². The summed E-state index contributed by atoms with van der Waals surface area (Å²) in [4.78, 5) is 23.8. The number of carbonyl (C=O) groups excluding carboxylic acids is 2. The zero-order chi connectivity index (χ0) is 27.4. The Morgan fingerprint density at radius 1 is 0.947 bits per heavy atom. The SMILES string of the molecule is Cc1ccc(S(=O)(=O)NC(=O)NCCc2ccc(-n3nc(C)c(-c4cccc(C(N)=O)c4)c3C)cc2)cc1. The van der Waals surface area contributed by atoms with Gasteiger partial charge in [-0.05, 0) is 74.7 Å². The Morgan fingerprint density at radius 3 is 2.29 bits per heavy atom. The minimum Gasteiger partial charge on any atom is -0.366 e. The van der Waals surface area contributed by atoms with Gasteiger partial charge in [0.05, 0.1) is 16.3 Å². The average Bonchev–Trinajstić information content (AvgIpc) is 3.18. The molecule has 0 atom stereocenters. The fraction of sp³-hybridized carbons (Fsp3) is 0.179. The maximum absolute atomic E-state index is 12.3. The van der Waals surface area contributed by atoms with E-state index in [0.717, 1.165) is 39.3 Å². The number of urea groups is 1. The maximum atomic E-state index is 12.3. The third-order valence-corrected chi connectivity index (χ3v) is 7.51. The van der Waals surface area contributed by atoms with Crippen molar-refractivity contribution in [2.75, 3.05) is 6.54 Å². The molecule has 0 aliphatic heterocycles. The molecule has 0 saturated carbocycles. The summed E-state index contributed by atoms with van der Waals surface area (Å²) < 4.78 is 28.6. The van der Waals surface area contributed by atoms with Gasteiger partial charge in [0.2, 0.25) is 5.91 Å². The number of nitrogens with one attached hydrogen (secondary N) is 2. The Labute approximate surface area is 221 Å². The van der Waals surface area contributed by atoms with Crippen molar-refractivity contribution < 1.29 is 18.0 Å². The molecule has 0 saturated heterocycles. The second kappa shape index (κ2) is 10.9. The van der Waals surface area contributed by atoms with Gasteiger partial charge in [-0.2, -0.15) is 5.10 Å². The molecule has 0 spiro atoms. The minimum atomic E-state index is -3.93. The second-order valence-corrected chi connectivity index (χ2v) is 10.7. The molecule has 1 aromatic heterocycles. The van der Waals surface area contributed by atoms with Gasteiger partial charge in [0.15, 0.2) is 0 Å². The summed E-state index contributed by atoms with van der Waals surface area (Å²) >= 11 is 0. The third-order valence-electron chi connectivity index (χ3n) is 6.17. The molecule has 4 aromatic rings. The van der Waals surface area contributed by atoms with Crippen molar-refractivity contribution in [3.05, 3.63) is 101 Å². The monoisotopic (exact) mass is 531 g/mol. The van der Waals surface area contributed by atoms with E-state index in [-0.39, 0.29) is 11.4 Å². The first-order valence-electron chi connectivity index (χ1n) is 12.0. The highest BCUT2D eigenvalue weighted by Crippen LogP contribution is 2.29. The van der Waals surface area contributed by atoms with Crippen molar-refractivity contribution >= 4 is 22.0 Å². The number of benzene rings is 3.